The molecule has 0 radical (unpaired) electrons. The lowest BCUT2D eigenvalue weighted by molar-refractivity contribution is 0.332. The van der Waals surface area contributed by atoms with E-state index in [0.29, 0.717) is 5.92 Å². The van der Waals surface area contributed by atoms with Crippen LogP contribution in [0, 0.1) is 13.8 Å². The van der Waals surface area contributed by atoms with Gasteiger partial charge in [0.15, 0.2) is 0 Å². The summed E-state index contributed by atoms with van der Waals surface area (Å²) in [5, 5.41) is 3.02. The average molecular weight is 868 g/mol. The molecule has 0 N–H and O–H groups in total. The molecule has 3 nitrogen and oxygen atoms in total. The van der Waals surface area contributed by atoms with E-state index in [0.717, 1.165) is 62.6 Å². The molecule has 1 aromatic heterocycles. The molecule has 0 amide bonds. The molecule has 10 rings (SSSR count). The van der Waals surface area contributed by atoms with Gasteiger partial charge in [0.25, 0.3) is 0 Å². The van der Waals surface area contributed by atoms with Crippen LogP contribution in [0.2, 0.25) is 5.02 Å². The van der Waals surface area contributed by atoms with Crippen LogP contribution >= 0.6 is 11.6 Å². The Kier molecular flexibility index (Phi) is 10.5. The molecule has 1 heterocycles. The molecule has 0 atom stereocenters. The third-order valence-electron chi connectivity index (χ3n) is 16.0. The van der Waals surface area contributed by atoms with Gasteiger partial charge in [0, 0.05) is 56.0 Å². The fourth-order valence-electron chi connectivity index (χ4n) is 11.8. The van der Waals surface area contributed by atoms with Crippen LogP contribution in [0.15, 0.2) is 114 Å². The Morgan fingerprint density at radius 1 is 0.469 bits per heavy atom. The second kappa shape index (κ2) is 15.6. The van der Waals surface area contributed by atoms with Crippen molar-refractivity contribution in [1.29, 1.82) is 0 Å². The fraction of sp³-hybridized carbons (Fsp3) is 0.400. The monoisotopic (exact) mass is 866 g/mol. The minimum absolute atomic E-state index is 0.0481. The number of para-hydroxylation sites is 1. The van der Waals surface area contributed by atoms with Crippen molar-refractivity contribution in [2.24, 2.45) is 0 Å². The second-order valence-electron chi connectivity index (χ2n) is 22.5. The van der Waals surface area contributed by atoms with Crippen LogP contribution in [0.1, 0.15) is 158 Å². The Balaban J connectivity index is 1.26. The van der Waals surface area contributed by atoms with Crippen LogP contribution in [0.25, 0.3) is 21.9 Å². The lowest BCUT2D eigenvalue weighted by Crippen LogP contribution is -2.34. The average Bonchev–Trinajstić information content (AvgIpc) is 3.64. The number of halogens is 1. The van der Waals surface area contributed by atoms with Crippen molar-refractivity contribution in [2.75, 3.05) is 9.80 Å². The van der Waals surface area contributed by atoms with Gasteiger partial charge in [-0.3, -0.25) is 0 Å². The largest absolute Gasteiger partial charge is 0.456 e. The van der Waals surface area contributed by atoms with Crippen LogP contribution in [0.3, 0.4) is 0 Å². The Morgan fingerprint density at radius 2 is 0.969 bits per heavy atom. The van der Waals surface area contributed by atoms with E-state index in [1.807, 2.05) is 6.07 Å². The molecular formula is C60H67ClN2O. The summed E-state index contributed by atoms with van der Waals surface area (Å²) in [5.41, 5.74) is 18.9. The summed E-state index contributed by atoms with van der Waals surface area (Å²) in [6.45, 7) is 24.1. The molecule has 3 aliphatic rings. The van der Waals surface area contributed by atoms with Crippen LogP contribution in [0.4, 0.5) is 34.1 Å². The molecule has 0 unspecified atom stereocenters. The third-order valence-corrected chi connectivity index (χ3v) is 16.3. The first-order chi connectivity index (χ1) is 30.4. The molecule has 64 heavy (non-hydrogen) atoms. The normalized spacial score (nSPS) is 18.7. The van der Waals surface area contributed by atoms with Crippen molar-refractivity contribution < 1.29 is 4.42 Å². The topological polar surface area (TPSA) is 19.6 Å². The number of aryl methyl sites for hydroxylation is 2. The van der Waals surface area contributed by atoms with Gasteiger partial charge in [-0.15, -0.1) is 0 Å². The van der Waals surface area contributed by atoms with Crippen LogP contribution < -0.4 is 9.80 Å². The predicted octanol–water partition coefficient (Wildman–Crippen LogP) is 18.5. The number of rotatable bonds is 7. The van der Waals surface area contributed by atoms with Gasteiger partial charge < -0.3 is 14.2 Å². The summed E-state index contributed by atoms with van der Waals surface area (Å²) in [6, 6.07) is 41.4. The summed E-state index contributed by atoms with van der Waals surface area (Å²) >= 11 is 6.95. The fourth-order valence-corrected chi connectivity index (χ4v) is 12.0. The molecule has 0 aliphatic heterocycles. The highest BCUT2D eigenvalue weighted by molar-refractivity contribution is 6.30. The highest BCUT2D eigenvalue weighted by Crippen LogP contribution is 2.53. The van der Waals surface area contributed by atoms with E-state index in [-0.39, 0.29) is 21.7 Å². The van der Waals surface area contributed by atoms with Gasteiger partial charge in [-0.2, -0.15) is 0 Å². The summed E-state index contributed by atoms with van der Waals surface area (Å²) in [4.78, 5) is 5.07. The lowest BCUT2D eigenvalue weighted by atomic mass is 9.63. The van der Waals surface area contributed by atoms with Crippen molar-refractivity contribution >= 4 is 67.7 Å². The standard InChI is InChI=1S/C60H67ClN2O/c1-38-29-49-51(59(7,8)27-25-57(49,3)4)36-53(38)62(43-20-16-19-42(61)33-43)45-31-41(40-17-12-11-13-18-40)32-46(34-45)63(44-23-24-48-47-21-14-15-22-55(47)64-56(48)35-44)54-37-52-50(30-39(54)2)58(5,6)26-28-60(52,9)10/h14-16,19-24,29-37,40H,11-13,17-18,25-28H2,1-10H3. The van der Waals surface area contributed by atoms with Gasteiger partial charge >= 0.3 is 0 Å². The molecule has 0 bridgehead atoms. The Morgan fingerprint density at radius 3 is 1.52 bits per heavy atom. The maximum absolute atomic E-state index is 6.95. The van der Waals surface area contributed by atoms with E-state index in [9.17, 15) is 0 Å². The first-order valence-corrected chi connectivity index (χ1v) is 24.5. The Hall–Kier alpha value is -4.99. The molecule has 1 fully saturated rings. The van der Waals surface area contributed by atoms with Crippen LogP contribution in [0.5, 0.6) is 0 Å². The molecule has 3 aliphatic carbocycles. The quantitative estimate of drug-likeness (QED) is 0.159. The maximum Gasteiger partial charge on any atom is 0.137 e. The highest BCUT2D eigenvalue weighted by atomic mass is 35.5. The van der Waals surface area contributed by atoms with Gasteiger partial charge in [0.05, 0.1) is 0 Å². The number of benzene rings is 6. The van der Waals surface area contributed by atoms with E-state index in [2.05, 4.69) is 182 Å². The zero-order valence-electron chi connectivity index (χ0n) is 40.0. The van der Waals surface area contributed by atoms with E-state index in [1.165, 1.54) is 95.3 Å². The number of fused-ring (bicyclic) bond motifs is 5. The summed E-state index contributed by atoms with van der Waals surface area (Å²) in [6.07, 6.45) is 10.9. The van der Waals surface area contributed by atoms with Crippen LogP contribution in [-0.2, 0) is 21.7 Å². The molecule has 1 saturated carbocycles. The first-order valence-electron chi connectivity index (χ1n) is 24.1. The first kappa shape index (κ1) is 42.9. The van der Waals surface area contributed by atoms with Crippen molar-refractivity contribution in [2.45, 2.75) is 155 Å². The summed E-state index contributed by atoms with van der Waals surface area (Å²) in [5.74, 6) is 0.474. The van der Waals surface area contributed by atoms with Crippen LogP contribution in [-0.4, -0.2) is 0 Å². The number of furan rings is 1. The molecule has 4 heteroatoms. The van der Waals surface area contributed by atoms with Gasteiger partial charge in [0.2, 0.25) is 0 Å². The summed E-state index contributed by atoms with van der Waals surface area (Å²) < 4.78 is 6.65. The summed E-state index contributed by atoms with van der Waals surface area (Å²) in [7, 11) is 0. The van der Waals surface area contributed by atoms with E-state index >= 15 is 0 Å². The zero-order chi connectivity index (χ0) is 44.9. The third kappa shape index (κ3) is 7.44. The van der Waals surface area contributed by atoms with E-state index in [4.69, 9.17) is 16.0 Å². The molecular weight excluding hydrogens is 800 g/mol. The maximum atomic E-state index is 6.95. The minimum atomic E-state index is 0.0481. The van der Waals surface area contributed by atoms with E-state index < -0.39 is 0 Å². The predicted molar refractivity (Wildman–Crippen MR) is 274 cm³/mol. The molecule has 0 spiro atoms. The zero-order valence-corrected chi connectivity index (χ0v) is 40.8. The second-order valence-corrected chi connectivity index (χ2v) is 22.9. The smallest absolute Gasteiger partial charge is 0.137 e. The molecule has 6 aromatic carbocycles. The lowest BCUT2D eigenvalue weighted by Gasteiger charge is -2.43. The van der Waals surface area contributed by atoms with Gasteiger partial charge in [-0.25, -0.2) is 0 Å². The SMILES string of the molecule is Cc1cc2c(cc1N(c1cccc(Cl)c1)c1cc(C3CCCCC3)cc(N(c3ccc4c(c3)oc3ccccc34)c3cc4c(cc3C)C(C)(C)CCC4(C)C)c1)C(C)(C)CCC2(C)C. The van der Waals surface area contributed by atoms with Crippen molar-refractivity contribution in [3.63, 3.8) is 0 Å². The van der Waals surface area contributed by atoms with Gasteiger partial charge in [0.1, 0.15) is 11.2 Å². The number of hydrogen-bond donors (Lipinski definition) is 0. The molecule has 330 valence electrons. The van der Waals surface area contributed by atoms with Crippen molar-refractivity contribution in [3.05, 3.63) is 153 Å². The molecule has 0 saturated heterocycles. The number of anilines is 6. The van der Waals surface area contributed by atoms with E-state index in [1.54, 1.807) is 0 Å². The van der Waals surface area contributed by atoms with Crippen molar-refractivity contribution in [3.8, 4) is 0 Å². The number of nitrogens with zero attached hydrogens (tertiary/aromatic N) is 2. The van der Waals surface area contributed by atoms with Gasteiger partial charge in [-0.05, 0) is 186 Å². The molecule has 7 aromatic rings. The Labute approximate surface area is 387 Å². The Bertz CT molecular complexity index is 2940. The highest BCUT2D eigenvalue weighted by Gasteiger charge is 2.40. The number of hydrogen-bond acceptors (Lipinski definition) is 3. The van der Waals surface area contributed by atoms with Crippen molar-refractivity contribution in [1.82, 2.24) is 0 Å². The van der Waals surface area contributed by atoms with Gasteiger partial charge in [-0.1, -0.05) is 123 Å². The minimum Gasteiger partial charge on any atom is -0.456 e.